The topological polar surface area (TPSA) is 66.4 Å². The second kappa shape index (κ2) is 4.90. The minimum Gasteiger partial charge on any atom is -0.481 e. The molecule has 0 aromatic heterocycles. The Labute approximate surface area is 109 Å². The lowest BCUT2D eigenvalue weighted by molar-refractivity contribution is -0.151. The van der Waals surface area contributed by atoms with Gasteiger partial charge in [0.15, 0.2) is 0 Å². The highest BCUT2D eigenvalue weighted by molar-refractivity contribution is 5.97. The van der Waals surface area contributed by atoms with Crippen molar-refractivity contribution in [1.82, 2.24) is 5.32 Å². The van der Waals surface area contributed by atoms with Gasteiger partial charge in [-0.2, -0.15) is 0 Å². The first kappa shape index (κ1) is 15.0. The lowest BCUT2D eigenvalue weighted by Gasteiger charge is -2.27. The molecule has 0 radical (unpaired) electrons. The van der Waals surface area contributed by atoms with Crippen LogP contribution in [0.25, 0.3) is 0 Å². The van der Waals surface area contributed by atoms with Gasteiger partial charge in [-0.1, -0.05) is 34.6 Å². The normalized spacial score (nSPS) is 24.6. The minimum atomic E-state index is -1.04. The number of carbonyl (C=O) groups excluding carboxylic acids is 1. The number of aliphatic carboxylic acids is 1. The highest BCUT2D eigenvalue weighted by Crippen LogP contribution is 2.37. The molecule has 4 nitrogen and oxygen atoms in total. The Bertz CT molecular complexity index is 341. The molecule has 0 bridgehead atoms. The molecule has 4 heteroatoms. The quantitative estimate of drug-likeness (QED) is 0.761. The van der Waals surface area contributed by atoms with Crippen LogP contribution >= 0.6 is 0 Å². The van der Waals surface area contributed by atoms with Crippen LogP contribution in [0.15, 0.2) is 0 Å². The monoisotopic (exact) mass is 255 g/mol. The van der Waals surface area contributed by atoms with Crippen LogP contribution in [0.5, 0.6) is 0 Å². The zero-order chi connectivity index (χ0) is 14.1. The summed E-state index contributed by atoms with van der Waals surface area (Å²) in [6.45, 7) is 9.70. The summed E-state index contributed by atoms with van der Waals surface area (Å²) in [5.74, 6) is -2.38. The van der Waals surface area contributed by atoms with Crippen molar-refractivity contribution in [3.63, 3.8) is 0 Å². The van der Waals surface area contributed by atoms with Crippen molar-refractivity contribution >= 4 is 11.9 Å². The van der Waals surface area contributed by atoms with Crippen molar-refractivity contribution < 1.29 is 14.7 Å². The molecular formula is C14H25NO3. The van der Waals surface area contributed by atoms with Crippen LogP contribution in [0.2, 0.25) is 0 Å². The van der Waals surface area contributed by atoms with Crippen LogP contribution in [0.1, 0.15) is 53.9 Å². The van der Waals surface area contributed by atoms with E-state index in [0.717, 1.165) is 19.3 Å². The molecule has 2 unspecified atom stereocenters. The van der Waals surface area contributed by atoms with Gasteiger partial charge in [0, 0.05) is 6.04 Å². The Morgan fingerprint density at radius 1 is 1.33 bits per heavy atom. The van der Waals surface area contributed by atoms with Gasteiger partial charge in [0.2, 0.25) is 5.91 Å². The Balaban J connectivity index is 2.67. The third kappa shape index (κ3) is 3.72. The molecule has 2 atom stereocenters. The van der Waals surface area contributed by atoms with Crippen LogP contribution < -0.4 is 5.32 Å². The third-order valence-corrected chi connectivity index (χ3v) is 3.69. The Morgan fingerprint density at radius 3 is 2.22 bits per heavy atom. The largest absolute Gasteiger partial charge is 0.481 e. The van der Waals surface area contributed by atoms with Gasteiger partial charge in [-0.25, -0.2) is 0 Å². The first-order chi connectivity index (χ1) is 8.03. The van der Waals surface area contributed by atoms with Gasteiger partial charge in [0.25, 0.3) is 0 Å². The number of hydrogen-bond acceptors (Lipinski definition) is 2. The molecule has 104 valence electrons. The van der Waals surface area contributed by atoms with Gasteiger partial charge in [-0.05, 0) is 30.1 Å². The molecule has 18 heavy (non-hydrogen) atoms. The molecule has 1 amide bonds. The molecule has 0 spiro atoms. The molecule has 1 aliphatic carbocycles. The second-order valence-electron chi connectivity index (χ2n) is 7.25. The average Bonchev–Trinajstić information content (AvgIpc) is 2.41. The van der Waals surface area contributed by atoms with E-state index in [1.165, 1.54) is 0 Å². The molecule has 0 aromatic carbocycles. The van der Waals surface area contributed by atoms with Crippen LogP contribution in [-0.4, -0.2) is 23.0 Å². The van der Waals surface area contributed by atoms with Crippen LogP contribution in [-0.2, 0) is 9.59 Å². The van der Waals surface area contributed by atoms with E-state index in [9.17, 15) is 14.7 Å². The highest BCUT2D eigenvalue weighted by atomic mass is 16.4. The zero-order valence-electron chi connectivity index (χ0n) is 12.0. The predicted molar refractivity (Wildman–Crippen MR) is 70.1 cm³/mol. The van der Waals surface area contributed by atoms with Crippen molar-refractivity contribution in [1.29, 1.82) is 0 Å². The van der Waals surface area contributed by atoms with Crippen LogP contribution in [0, 0.1) is 16.7 Å². The van der Waals surface area contributed by atoms with Crippen LogP contribution in [0.4, 0.5) is 0 Å². The van der Waals surface area contributed by atoms with Crippen molar-refractivity contribution in [2.24, 2.45) is 16.7 Å². The molecule has 2 N–H and O–H groups in total. The number of hydrogen-bond donors (Lipinski definition) is 2. The van der Waals surface area contributed by atoms with Gasteiger partial charge < -0.3 is 10.4 Å². The van der Waals surface area contributed by atoms with Gasteiger partial charge >= 0.3 is 5.97 Å². The van der Waals surface area contributed by atoms with Crippen molar-refractivity contribution in [2.45, 2.75) is 59.9 Å². The molecule has 0 heterocycles. The highest BCUT2D eigenvalue weighted by Gasteiger charge is 2.40. The van der Waals surface area contributed by atoms with E-state index >= 15 is 0 Å². The fraction of sp³-hybridized carbons (Fsp3) is 0.857. The summed E-state index contributed by atoms with van der Waals surface area (Å²) in [5, 5.41) is 12.1. The Morgan fingerprint density at radius 2 is 1.89 bits per heavy atom. The van der Waals surface area contributed by atoms with Gasteiger partial charge in [-0.3, -0.25) is 9.59 Å². The minimum absolute atomic E-state index is 0.122. The number of rotatable bonds is 3. The average molecular weight is 255 g/mol. The van der Waals surface area contributed by atoms with E-state index in [-0.39, 0.29) is 17.4 Å². The lowest BCUT2D eigenvalue weighted by Crippen LogP contribution is -2.46. The molecule has 1 aliphatic rings. The lowest BCUT2D eigenvalue weighted by atomic mass is 9.80. The molecular weight excluding hydrogens is 230 g/mol. The molecule has 1 saturated carbocycles. The van der Waals surface area contributed by atoms with E-state index in [1.54, 1.807) is 20.8 Å². The molecule has 1 rings (SSSR count). The second-order valence-corrected chi connectivity index (χ2v) is 7.25. The van der Waals surface area contributed by atoms with E-state index in [2.05, 4.69) is 19.2 Å². The summed E-state index contributed by atoms with van der Waals surface area (Å²) in [4.78, 5) is 23.3. The SMILES string of the molecule is CC1(C)CCC(NC(=O)C(C(=O)O)C(C)(C)C)C1. The fourth-order valence-electron chi connectivity index (χ4n) is 2.72. The van der Waals surface area contributed by atoms with Gasteiger partial charge in [0.05, 0.1) is 0 Å². The Hall–Kier alpha value is -1.06. The maximum absolute atomic E-state index is 12.1. The summed E-state index contributed by atoms with van der Waals surface area (Å²) in [6, 6.07) is 0.122. The summed E-state index contributed by atoms with van der Waals surface area (Å²) in [6.07, 6.45) is 2.94. The fourth-order valence-corrected chi connectivity index (χ4v) is 2.72. The van der Waals surface area contributed by atoms with Crippen molar-refractivity contribution in [3.8, 4) is 0 Å². The van der Waals surface area contributed by atoms with E-state index < -0.39 is 17.3 Å². The van der Waals surface area contributed by atoms with E-state index in [4.69, 9.17) is 0 Å². The smallest absolute Gasteiger partial charge is 0.316 e. The number of carboxylic acids is 1. The van der Waals surface area contributed by atoms with Gasteiger partial charge in [-0.15, -0.1) is 0 Å². The molecule has 1 fully saturated rings. The van der Waals surface area contributed by atoms with E-state index in [1.807, 2.05) is 0 Å². The summed E-state index contributed by atoms with van der Waals surface area (Å²) >= 11 is 0. The van der Waals surface area contributed by atoms with E-state index in [0.29, 0.717) is 0 Å². The van der Waals surface area contributed by atoms with Crippen molar-refractivity contribution in [2.75, 3.05) is 0 Å². The maximum atomic E-state index is 12.1. The summed E-state index contributed by atoms with van der Waals surface area (Å²) in [5.41, 5.74) is -0.317. The molecule has 0 aromatic rings. The summed E-state index contributed by atoms with van der Waals surface area (Å²) in [7, 11) is 0. The first-order valence-electron chi connectivity index (χ1n) is 6.56. The van der Waals surface area contributed by atoms with Gasteiger partial charge in [0.1, 0.15) is 5.92 Å². The number of carbonyl (C=O) groups is 2. The van der Waals surface area contributed by atoms with Crippen LogP contribution in [0.3, 0.4) is 0 Å². The third-order valence-electron chi connectivity index (χ3n) is 3.69. The number of nitrogens with one attached hydrogen (secondary N) is 1. The predicted octanol–water partition coefficient (Wildman–Crippen LogP) is 2.43. The number of carboxylic acid groups (broad SMARTS) is 1. The maximum Gasteiger partial charge on any atom is 0.316 e. The first-order valence-corrected chi connectivity index (χ1v) is 6.56. The molecule has 0 saturated heterocycles. The molecule has 0 aliphatic heterocycles. The number of amides is 1. The zero-order valence-corrected chi connectivity index (χ0v) is 12.0. The standard InChI is InChI=1S/C14H25NO3/c1-13(2,3)10(12(17)18)11(16)15-9-6-7-14(4,5)8-9/h9-10H,6-8H2,1-5H3,(H,15,16)(H,17,18). The Kier molecular flexibility index (Phi) is 4.08. The van der Waals surface area contributed by atoms with Crippen molar-refractivity contribution in [3.05, 3.63) is 0 Å². The summed E-state index contributed by atoms with van der Waals surface area (Å²) < 4.78 is 0.